The minimum atomic E-state index is -0.163. The van der Waals surface area contributed by atoms with Crippen molar-refractivity contribution in [2.24, 2.45) is 0 Å². The Morgan fingerprint density at radius 3 is 2.57 bits per heavy atom. The molecule has 0 fully saturated rings. The van der Waals surface area contributed by atoms with E-state index in [0.717, 1.165) is 11.1 Å². The van der Waals surface area contributed by atoms with E-state index in [0.29, 0.717) is 5.56 Å². The lowest BCUT2D eigenvalue weighted by molar-refractivity contribution is 0.607. The van der Waals surface area contributed by atoms with Crippen molar-refractivity contribution in [2.45, 2.75) is 19.9 Å². The van der Waals surface area contributed by atoms with Gasteiger partial charge in [0.1, 0.15) is 5.82 Å². The van der Waals surface area contributed by atoms with Crippen molar-refractivity contribution in [3.63, 3.8) is 0 Å². The molecule has 0 aliphatic rings. The summed E-state index contributed by atoms with van der Waals surface area (Å²) in [5.41, 5.74) is 2.57. The van der Waals surface area contributed by atoms with Gasteiger partial charge in [-0.25, -0.2) is 4.39 Å². The molecule has 14 heavy (non-hydrogen) atoms. The summed E-state index contributed by atoms with van der Waals surface area (Å²) in [6, 6.07) is 5.31. The molecular formula is C12H16FN. The Hall–Kier alpha value is -1.15. The van der Waals surface area contributed by atoms with E-state index in [4.69, 9.17) is 0 Å². The van der Waals surface area contributed by atoms with Gasteiger partial charge in [-0.15, -0.1) is 0 Å². The second-order valence-electron chi connectivity index (χ2n) is 3.58. The Bertz CT molecular complexity index is 344. The highest BCUT2D eigenvalue weighted by molar-refractivity contribution is 5.30. The van der Waals surface area contributed by atoms with Crippen LogP contribution in [-0.2, 0) is 0 Å². The molecule has 1 aromatic rings. The lowest BCUT2D eigenvalue weighted by Crippen LogP contribution is -2.17. The van der Waals surface area contributed by atoms with Crippen LogP contribution < -0.4 is 5.32 Å². The van der Waals surface area contributed by atoms with E-state index in [1.54, 1.807) is 19.1 Å². The average molecular weight is 193 g/mol. The van der Waals surface area contributed by atoms with E-state index >= 15 is 0 Å². The fourth-order valence-corrected chi connectivity index (χ4v) is 1.49. The molecule has 1 rings (SSSR count). The van der Waals surface area contributed by atoms with Gasteiger partial charge in [-0.3, -0.25) is 0 Å². The van der Waals surface area contributed by atoms with Crippen LogP contribution in [-0.4, -0.2) is 7.05 Å². The first-order valence-electron chi connectivity index (χ1n) is 4.65. The van der Waals surface area contributed by atoms with Gasteiger partial charge in [0.2, 0.25) is 0 Å². The molecule has 0 saturated carbocycles. The first kappa shape index (κ1) is 10.9. The second-order valence-corrected chi connectivity index (χ2v) is 3.58. The van der Waals surface area contributed by atoms with Gasteiger partial charge in [0.15, 0.2) is 0 Å². The maximum absolute atomic E-state index is 13.3. The first-order valence-corrected chi connectivity index (χ1v) is 4.65. The monoisotopic (exact) mass is 193 g/mol. The van der Waals surface area contributed by atoms with Crippen molar-refractivity contribution in [3.8, 4) is 0 Å². The minimum absolute atomic E-state index is 0.0325. The smallest absolute Gasteiger partial charge is 0.126 e. The van der Waals surface area contributed by atoms with Gasteiger partial charge in [-0.2, -0.15) is 0 Å². The van der Waals surface area contributed by atoms with Crippen LogP contribution in [0.3, 0.4) is 0 Å². The Morgan fingerprint density at radius 1 is 1.50 bits per heavy atom. The predicted molar refractivity (Wildman–Crippen MR) is 57.8 cm³/mol. The summed E-state index contributed by atoms with van der Waals surface area (Å²) in [7, 11) is 1.84. The van der Waals surface area contributed by atoms with Crippen LogP contribution in [0.25, 0.3) is 0 Å². The largest absolute Gasteiger partial charge is 0.310 e. The molecule has 0 aliphatic carbocycles. The van der Waals surface area contributed by atoms with E-state index in [1.165, 1.54) is 0 Å². The van der Waals surface area contributed by atoms with E-state index in [-0.39, 0.29) is 11.9 Å². The fourth-order valence-electron chi connectivity index (χ4n) is 1.49. The van der Waals surface area contributed by atoms with E-state index in [9.17, 15) is 4.39 Å². The SMILES string of the molecule is C=C(C)C(NC)c1ccc(C)c(F)c1. The molecule has 0 amide bonds. The van der Waals surface area contributed by atoms with E-state index in [1.807, 2.05) is 20.0 Å². The van der Waals surface area contributed by atoms with Crippen LogP contribution >= 0.6 is 0 Å². The molecular weight excluding hydrogens is 177 g/mol. The Balaban J connectivity index is 3.06. The number of hydrogen-bond acceptors (Lipinski definition) is 1. The van der Waals surface area contributed by atoms with Crippen LogP contribution in [0.2, 0.25) is 0 Å². The number of hydrogen-bond donors (Lipinski definition) is 1. The summed E-state index contributed by atoms with van der Waals surface area (Å²) >= 11 is 0. The first-order chi connectivity index (χ1) is 6.56. The molecule has 0 radical (unpaired) electrons. The number of nitrogens with one attached hydrogen (secondary N) is 1. The van der Waals surface area contributed by atoms with Gasteiger partial charge in [0.05, 0.1) is 6.04 Å². The highest BCUT2D eigenvalue weighted by Crippen LogP contribution is 2.21. The zero-order valence-electron chi connectivity index (χ0n) is 8.89. The van der Waals surface area contributed by atoms with Crippen molar-refractivity contribution >= 4 is 0 Å². The highest BCUT2D eigenvalue weighted by Gasteiger charge is 2.10. The van der Waals surface area contributed by atoms with Gasteiger partial charge in [-0.05, 0) is 38.1 Å². The summed E-state index contributed by atoms with van der Waals surface area (Å²) in [5, 5.41) is 3.10. The molecule has 0 spiro atoms. The Morgan fingerprint density at radius 2 is 2.14 bits per heavy atom. The van der Waals surface area contributed by atoms with Crippen LogP contribution in [0.15, 0.2) is 30.4 Å². The van der Waals surface area contributed by atoms with Gasteiger partial charge >= 0.3 is 0 Å². The van der Waals surface area contributed by atoms with Crippen LogP contribution in [0.5, 0.6) is 0 Å². The number of benzene rings is 1. The quantitative estimate of drug-likeness (QED) is 0.728. The molecule has 0 aliphatic heterocycles. The number of likely N-dealkylation sites (N-methyl/N-ethyl adjacent to an activating group) is 1. The van der Waals surface area contributed by atoms with Crippen molar-refractivity contribution < 1.29 is 4.39 Å². The lowest BCUT2D eigenvalue weighted by atomic mass is 10.00. The third kappa shape index (κ3) is 2.20. The number of aryl methyl sites for hydroxylation is 1. The maximum Gasteiger partial charge on any atom is 0.126 e. The van der Waals surface area contributed by atoms with Crippen molar-refractivity contribution in [2.75, 3.05) is 7.05 Å². The predicted octanol–water partition coefficient (Wildman–Crippen LogP) is 2.97. The average Bonchev–Trinajstić information content (AvgIpc) is 2.11. The zero-order valence-corrected chi connectivity index (χ0v) is 8.89. The van der Waals surface area contributed by atoms with Crippen LogP contribution in [0, 0.1) is 12.7 Å². The standard InChI is InChI=1S/C12H16FN/c1-8(2)12(14-4)10-6-5-9(3)11(13)7-10/h5-7,12,14H,1H2,2-4H3. The second kappa shape index (κ2) is 4.38. The highest BCUT2D eigenvalue weighted by atomic mass is 19.1. The number of rotatable bonds is 3. The lowest BCUT2D eigenvalue weighted by Gasteiger charge is -2.16. The molecule has 0 heterocycles. The third-order valence-corrected chi connectivity index (χ3v) is 2.31. The minimum Gasteiger partial charge on any atom is -0.310 e. The van der Waals surface area contributed by atoms with Crippen molar-refractivity contribution in [3.05, 3.63) is 47.3 Å². The summed E-state index contributed by atoms with van der Waals surface area (Å²) in [5.74, 6) is -0.163. The molecule has 0 bridgehead atoms. The van der Waals surface area contributed by atoms with E-state index in [2.05, 4.69) is 11.9 Å². The molecule has 1 aromatic carbocycles. The van der Waals surface area contributed by atoms with Gasteiger partial charge in [0.25, 0.3) is 0 Å². The maximum atomic E-state index is 13.3. The van der Waals surface area contributed by atoms with Crippen LogP contribution in [0.1, 0.15) is 24.1 Å². The third-order valence-electron chi connectivity index (χ3n) is 2.31. The van der Waals surface area contributed by atoms with Gasteiger partial charge < -0.3 is 5.32 Å². The molecule has 1 unspecified atom stereocenters. The summed E-state index contributed by atoms with van der Waals surface area (Å²) in [6.07, 6.45) is 0. The van der Waals surface area contributed by atoms with Crippen LogP contribution in [0.4, 0.5) is 4.39 Å². The van der Waals surface area contributed by atoms with E-state index < -0.39 is 0 Å². The molecule has 76 valence electrons. The normalized spacial score (nSPS) is 12.6. The summed E-state index contributed by atoms with van der Waals surface area (Å²) < 4.78 is 13.3. The Labute approximate surface area is 84.6 Å². The molecule has 0 aromatic heterocycles. The topological polar surface area (TPSA) is 12.0 Å². The summed E-state index contributed by atoms with van der Waals surface area (Å²) in [4.78, 5) is 0. The molecule has 1 N–H and O–H groups in total. The zero-order chi connectivity index (χ0) is 10.7. The molecule has 0 saturated heterocycles. The molecule has 2 heteroatoms. The fraction of sp³-hybridized carbons (Fsp3) is 0.333. The summed E-state index contributed by atoms with van der Waals surface area (Å²) in [6.45, 7) is 7.56. The van der Waals surface area contributed by atoms with Gasteiger partial charge in [0, 0.05) is 0 Å². The van der Waals surface area contributed by atoms with Crippen molar-refractivity contribution in [1.82, 2.24) is 5.32 Å². The molecule has 1 nitrogen and oxygen atoms in total. The number of halogens is 1. The van der Waals surface area contributed by atoms with Crippen molar-refractivity contribution in [1.29, 1.82) is 0 Å². The molecule has 1 atom stereocenters. The Kier molecular flexibility index (Phi) is 3.42. The van der Waals surface area contributed by atoms with Gasteiger partial charge in [-0.1, -0.05) is 24.3 Å².